The van der Waals surface area contributed by atoms with Crippen molar-refractivity contribution in [2.45, 2.75) is 24.1 Å². The fraction of sp³-hybridized carbons (Fsp3) is 0.250. The first-order chi connectivity index (χ1) is 15.2. The average Bonchev–Trinajstić information content (AvgIpc) is 3.18. The van der Waals surface area contributed by atoms with E-state index >= 15 is 4.39 Å². The van der Waals surface area contributed by atoms with E-state index < -0.39 is 6.09 Å². The number of benzene rings is 2. The van der Waals surface area contributed by atoms with Crippen molar-refractivity contribution in [1.29, 1.82) is 0 Å². The summed E-state index contributed by atoms with van der Waals surface area (Å²) in [6, 6.07) is 19.0. The Bertz CT molecular complexity index is 1100. The van der Waals surface area contributed by atoms with Crippen LogP contribution in [0.15, 0.2) is 71.9 Å². The van der Waals surface area contributed by atoms with Crippen LogP contribution in [0.4, 0.5) is 20.6 Å². The summed E-state index contributed by atoms with van der Waals surface area (Å²) in [4.78, 5) is 20.2. The first-order valence-corrected chi connectivity index (χ1v) is 11.3. The second-order valence-electron chi connectivity index (χ2n) is 7.67. The molecule has 0 aliphatic carbocycles. The van der Waals surface area contributed by atoms with Gasteiger partial charge in [0.1, 0.15) is 11.9 Å². The van der Waals surface area contributed by atoms with Gasteiger partial charge in [-0.15, -0.1) is 11.8 Å². The van der Waals surface area contributed by atoms with Crippen LogP contribution in [0.25, 0.3) is 0 Å². The molecule has 31 heavy (non-hydrogen) atoms. The number of hydrogen-bond acceptors (Lipinski definition) is 5. The van der Waals surface area contributed by atoms with Gasteiger partial charge in [-0.1, -0.05) is 30.3 Å². The van der Waals surface area contributed by atoms with Gasteiger partial charge in [-0.25, -0.2) is 14.2 Å². The lowest BCUT2D eigenvalue weighted by atomic mass is 9.99. The molecule has 1 amide bonds. The van der Waals surface area contributed by atoms with Crippen LogP contribution < -0.4 is 9.80 Å². The zero-order valence-corrected chi connectivity index (χ0v) is 17.7. The number of amides is 1. The molecule has 0 saturated carbocycles. The maximum absolute atomic E-state index is 15.0. The Kier molecular flexibility index (Phi) is 5.51. The van der Waals surface area contributed by atoms with E-state index in [0.29, 0.717) is 30.2 Å². The lowest BCUT2D eigenvalue weighted by molar-refractivity contribution is 0.151. The first kappa shape index (κ1) is 19.9. The molecule has 0 unspecified atom stereocenters. The van der Waals surface area contributed by atoms with E-state index in [0.717, 1.165) is 18.0 Å². The number of ether oxygens (including phenoxy) is 1. The number of anilines is 2. The van der Waals surface area contributed by atoms with Crippen LogP contribution in [0.5, 0.6) is 0 Å². The number of carbonyl (C=O) groups is 1. The standard InChI is InChI=1S/C24H22FN3O2S/c25-21-13-19(8-9-22(21)27-12-10-17-5-1-2-6-18(17)14-27)28-15-20(30-24(28)29)16-31-23-7-3-4-11-26-23/h1-9,11,13,20H,10,12,14-16H2/t20-/m0/s1. The third-order valence-corrected chi connectivity index (χ3v) is 6.72. The van der Waals surface area contributed by atoms with Crippen molar-refractivity contribution in [3.63, 3.8) is 0 Å². The van der Waals surface area contributed by atoms with E-state index in [1.165, 1.54) is 22.1 Å². The molecule has 5 nitrogen and oxygen atoms in total. The van der Waals surface area contributed by atoms with E-state index in [9.17, 15) is 4.79 Å². The van der Waals surface area contributed by atoms with Gasteiger partial charge in [-0.2, -0.15) is 0 Å². The molecule has 1 aromatic heterocycles. The first-order valence-electron chi connectivity index (χ1n) is 10.3. The van der Waals surface area contributed by atoms with Gasteiger partial charge in [-0.05, 0) is 47.9 Å². The van der Waals surface area contributed by atoms with E-state index in [1.807, 2.05) is 30.3 Å². The molecule has 2 aliphatic rings. The van der Waals surface area contributed by atoms with Crippen LogP contribution >= 0.6 is 11.8 Å². The Morgan fingerprint density at radius 3 is 2.74 bits per heavy atom. The van der Waals surface area contributed by atoms with Gasteiger partial charge < -0.3 is 9.64 Å². The van der Waals surface area contributed by atoms with Gasteiger partial charge in [0.05, 0.1) is 22.9 Å². The topological polar surface area (TPSA) is 45.7 Å². The molecule has 2 aromatic carbocycles. The van der Waals surface area contributed by atoms with Crippen molar-refractivity contribution in [2.24, 2.45) is 0 Å². The van der Waals surface area contributed by atoms with Gasteiger partial charge in [0, 0.05) is 25.0 Å². The molecule has 158 valence electrons. The minimum Gasteiger partial charge on any atom is -0.443 e. The third-order valence-electron chi connectivity index (χ3n) is 5.64. The summed E-state index contributed by atoms with van der Waals surface area (Å²) < 4.78 is 20.5. The third kappa shape index (κ3) is 4.23. The number of pyridine rings is 1. The van der Waals surface area contributed by atoms with Crippen LogP contribution in [0.1, 0.15) is 11.1 Å². The minimum absolute atomic E-state index is 0.263. The Morgan fingerprint density at radius 1 is 1.10 bits per heavy atom. The van der Waals surface area contributed by atoms with Crippen LogP contribution in [-0.2, 0) is 17.7 Å². The van der Waals surface area contributed by atoms with Gasteiger partial charge >= 0.3 is 6.09 Å². The van der Waals surface area contributed by atoms with Crippen LogP contribution in [0, 0.1) is 5.82 Å². The predicted octanol–water partition coefficient (Wildman–Crippen LogP) is 4.90. The van der Waals surface area contributed by atoms with E-state index in [-0.39, 0.29) is 11.9 Å². The monoisotopic (exact) mass is 435 g/mol. The number of hydrogen-bond donors (Lipinski definition) is 0. The number of rotatable bonds is 5. The van der Waals surface area contributed by atoms with E-state index in [2.05, 4.69) is 22.0 Å². The SMILES string of the molecule is O=C1O[C@H](CSc2ccccn2)CN1c1ccc(N2CCc3ccccc3C2)c(F)c1. The molecule has 1 fully saturated rings. The summed E-state index contributed by atoms with van der Waals surface area (Å²) in [5.41, 5.74) is 3.64. The zero-order chi connectivity index (χ0) is 21.2. The molecule has 1 saturated heterocycles. The van der Waals surface area contributed by atoms with Gasteiger partial charge in [0.15, 0.2) is 0 Å². The number of thioether (sulfide) groups is 1. The number of aromatic nitrogens is 1. The fourth-order valence-electron chi connectivity index (χ4n) is 4.05. The summed E-state index contributed by atoms with van der Waals surface area (Å²) in [7, 11) is 0. The molecule has 0 radical (unpaired) electrons. The number of halogens is 1. The highest BCUT2D eigenvalue weighted by molar-refractivity contribution is 7.99. The van der Waals surface area contributed by atoms with Crippen molar-refractivity contribution in [3.05, 3.63) is 83.8 Å². The van der Waals surface area contributed by atoms with Crippen LogP contribution in [0.3, 0.4) is 0 Å². The van der Waals surface area contributed by atoms with Crippen molar-refractivity contribution in [3.8, 4) is 0 Å². The fourth-order valence-corrected chi connectivity index (χ4v) is 4.89. The molecule has 5 rings (SSSR count). The van der Waals surface area contributed by atoms with Crippen molar-refractivity contribution in [2.75, 3.05) is 28.6 Å². The summed E-state index contributed by atoms with van der Waals surface area (Å²) in [5.74, 6) is 0.281. The number of carbonyl (C=O) groups excluding carboxylic acids is 1. The molecular formula is C24H22FN3O2S. The van der Waals surface area contributed by atoms with Gasteiger partial charge in [0.25, 0.3) is 0 Å². The summed E-state index contributed by atoms with van der Waals surface area (Å²) in [5, 5.41) is 0.885. The lowest BCUT2D eigenvalue weighted by Gasteiger charge is -2.31. The summed E-state index contributed by atoms with van der Waals surface area (Å²) >= 11 is 1.54. The van der Waals surface area contributed by atoms with E-state index in [4.69, 9.17) is 4.74 Å². The molecule has 0 N–H and O–H groups in total. The molecule has 2 aliphatic heterocycles. The van der Waals surface area contributed by atoms with E-state index in [1.54, 1.807) is 30.1 Å². The Hall–Kier alpha value is -3.06. The molecule has 3 aromatic rings. The highest BCUT2D eigenvalue weighted by atomic mass is 32.2. The smallest absolute Gasteiger partial charge is 0.414 e. The second kappa shape index (κ2) is 8.59. The normalized spacial score (nSPS) is 18.1. The molecule has 0 bridgehead atoms. The Morgan fingerprint density at radius 2 is 1.94 bits per heavy atom. The highest BCUT2D eigenvalue weighted by Crippen LogP contribution is 2.31. The van der Waals surface area contributed by atoms with Gasteiger partial charge in [-0.3, -0.25) is 4.90 Å². The lowest BCUT2D eigenvalue weighted by Crippen LogP contribution is -2.31. The Balaban J connectivity index is 1.26. The number of fused-ring (bicyclic) bond motifs is 1. The van der Waals surface area contributed by atoms with Gasteiger partial charge in [0.2, 0.25) is 0 Å². The Labute approximate surface area is 184 Å². The highest BCUT2D eigenvalue weighted by Gasteiger charge is 2.33. The average molecular weight is 436 g/mol. The molecular weight excluding hydrogens is 413 g/mol. The second-order valence-corrected chi connectivity index (χ2v) is 8.71. The molecule has 0 spiro atoms. The minimum atomic E-state index is -0.439. The number of cyclic esters (lactones) is 1. The maximum atomic E-state index is 15.0. The van der Waals surface area contributed by atoms with Crippen molar-refractivity contribution >= 4 is 29.2 Å². The van der Waals surface area contributed by atoms with Crippen LogP contribution in [0.2, 0.25) is 0 Å². The number of nitrogens with zero attached hydrogens (tertiary/aromatic N) is 3. The largest absolute Gasteiger partial charge is 0.443 e. The molecule has 7 heteroatoms. The maximum Gasteiger partial charge on any atom is 0.414 e. The molecule has 3 heterocycles. The van der Waals surface area contributed by atoms with Crippen LogP contribution in [-0.4, -0.2) is 36.0 Å². The zero-order valence-electron chi connectivity index (χ0n) is 16.9. The summed E-state index contributed by atoms with van der Waals surface area (Å²) in [6.45, 7) is 1.85. The van der Waals surface area contributed by atoms with Crippen molar-refractivity contribution < 1.29 is 13.9 Å². The predicted molar refractivity (Wildman–Crippen MR) is 120 cm³/mol. The quantitative estimate of drug-likeness (QED) is 0.534. The van der Waals surface area contributed by atoms with Crippen molar-refractivity contribution in [1.82, 2.24) is 4.98 Å². The summed E-state index contributed by atoms with van der Waals surface area (Å²) in [6.07, 6.45) is 1.93. The molecule has 1 atom stereocenters.